The van der Waals surface area contributed by atoms with Crippen molar-refractivity contribution in [1.82, 2.24) is 9.97 Å². The number of anilines is 2. The average Bonchev–Trinajstić information content (AvgIpc) is 2.44. The van der Waals surface area contributed by atoms with Crippen molar-refractivity contribution in [2.24, 2.45) is 0 Å². The number of hydrogen-bond acceptors (Lipinski definition) is 4. The van der Waals surface area contributed by atoms with E-state index in [0.717, 1.165) is 17.1 Å². The summed E-state index contributed by atoms with van der Waals surface area (Å²) in [6.07, 6.45) is 0. The first-order valence-electron chi connectivity index (χ1n) is 7.83. The predicted octanol–water partition coefficient (Wildman–Crippen LogP) is 4.45. The fourth-order valence-corrected chi connectivity index (χ4v) is 2.74. The van der Waals surface area contributed by atoms with E-state index in [0.29, 0.717) is 11.2 Å². The van der Waals surface area contributed by atoms with Crippen LogP contribution in [0, 0.1) is 0 Å². The van der Waals surface area contributed by atoms with Crippen LogP contribution < -0.4 is 10.9 Å². The largest absolute Gasteiger partial charge is 0.326 e. The van der Waals surface area contributed by atoms with Crippen molar-refractivity contribution in [2.75, 3.05) is 5.32 Å². The van der Waals surface area contributed by atoms with Gasteiger partial charge in [0.25, 0.3) is 5.56 Å². The Kier molecular flexibility index (Phi) is 5.52. The van der Waals surface area contributed by atoms with Gasteiger partial charge in [-0.15, -0.1) is 0 Å². The maximum atomic E-state index is 11.8. The second kappa shape index (κ2) is 7.21. The van der Waals surface area contributed by atoms with E-state index in [-0.39, 0.29) is 11.0 Å². The lowest BCUT2D eigenvalue weighted by Gasteiger charge is -2.19. The van der Waals surface area contributed by atoms with Gasteiger partial charge in [-0.05, 0) is 28.4 Å². The molecule has 0 atom stereocenters. The van der Waals surface area contributed by atoms with E-state index in [9.17, 15) is 4.79 Å². The lowest BCUT2D eigenvalue weighted by Crippen LogP contribution is -2.13. The Morgan fingerprint density at radius 2 is 1.87 bits per heavy atom. The topological polar surface area (TPSA) is 57.8 Å². The number of thioether (sulfide) groups is 1. The molecule has 5 heteroatoms. The van der Waals surface area contributed by atoms with Crippen LogP contribution >= 0.6 is 11.8 Å². The maximum Gasteiger partial charge on any atom is 0.252 e. The van der Waals surface area contributed by atoms with E-state index >= 15 is 0 Å². The van der Waals surface area contributed by atoms with Crippen LogP contribution in [-0.2, 0) is 11.2 Å². The van der Waals surface area contributed by atoms with Gasteiger partial charge in [0.1, 0.15) is 0 Å². The van der Waals surface area contributed by atoms with Crippen LogP contribution in [0.4, 0.5) is 11.6 Å². The third kappa shape index (κ3) is 5.43. The van der Waals surface area contributed by atoms with Crippen molar-refractivity contribution in [3.05, 3.63) is 51.9 Å². The molecular weight excluding hydrogens is 306 g/mol. The lowest BCUT2D eigenvalue weighted by atomic mass is 9.87. The van der Waals surface area contributed by atoms with Crippen molar-refractivity contribution < 1.29 is 0 Å². The molecule has 0 aliphatic rings. The average molecular weight is 331 g/mol. The Morgan fingerprint density at radius 3 is 2.43 bits per heavy atom. The number of nitrogens with one attached hydrogen (secondary N) is 2. The Hall–Kier alpha value is -1.75. The minimum absolute atomic E-state index is 0.124. The number of hydrogen-bond donors (Lipinski definition) is 2. The van der Waals surface area contributed by atoms with Gasteiger partial charge in [0, 0.05) is 17.5 Å². The van der Waals surface area contributed by atoms with Crippen LogP contribution in [0.2, 0.25) is 0 Å². The summed E-state index contributed by atoms with van der Waals surface area (Å²) in [5.41, 5.74) is 2.97. The third-order valence-corrected chi connectivity index (χ3v) is 4.50. The molecule has 0 saturated heterocycles. The highest BCUT2D eigenvalue weighted by Crippen LogP contribution is 2.24. The van der Waals surface area contributed by atoms with Gasteiger partial charge >= 0.3 is 0 Å². The van der Waals surface area contributed by atoms with Crippen LogP contribution in [0.25, 0.3) is 0 Å². The summed E-state index contributed by atoms with van der Waals surface area (Å²) in [5, 5.41) is 3.69. The van der Waals surface area contributed by atoms with E-state index < -0.39 is 0 Å². The maximum absolute atomic E-state index is 11.8. The van der Waals surface area contributed by atoms with Crippen LogP contribution in [0.1, 0.15) is 45.9 Å². The Bertz CT molecular complexity index is 699. The monoisotopic (exact) mass is 331 g/mol. The molecule has 4 nitrogen and oxygen atoms in total. The molecule has 124 valence electrons. The second-order valence-electron chi connectivity index (χ2n) is 6.90. The van der Waals surface area contributed by atoms with Gasteiger partial charge in [-0.2, -0.15) is 11.8 Å². The summed E-state index contributed by atoms with van der Waals surface area (Å²) in [5.74, 6) is 1.22. The van der Waals surface area contributed by atoms with Crippen LogP contribution in [0.5, 0.6) is 0 Å². The summed E-state index contributed by atoms with van der Waals surface area (Å²) >= 11 is 1.77. The Morgan fingerprint density at radius 1 is 1.22 bits per heavy atom. The van der Waals surface area contributed by atoms with Crippen molar-refractivity contribution in [3.63, 3.8) is 0 Å². The van der Waals surface area contributed by atoms with E-state index in [2.05, 4.69) is 62.0 Å². The zero-order valence-corrected chi connectivity index (χ0v) is 15.3. The van der Waals surface area contributed by atoms with E-state index in [1.807, 2.05) is 12.1 Å². The molecule has 1 aromatic carbocycles. The fourth-order valence-electron chi connectivity index (χ4n) is 2.08. The molecule has 0 spiro atoms. The minimum Gasteiger partial charge on any atom is -0.326 e. The molecule has 0 saturated carbocycles. The zero-order chi connectivity index (χ0) is 17.0. The highest BCUT2D eigenvalue weighted by molar-refractivity contribution is 7.99. The molecule has 1 heterocycles. The smallest absolute Gasteiger partial charge is 0.252 e. The molecule has 2 rings (SSSR count). The number of aromatic nitrogens is 2. The number of aromatic amines is 1. The van der Waals surface area contributed by atoms with Gasteiger partial charge in [0.2, 0.25) is 5.95 Å². The quantitative estimate of drug-likeness (QED) is 0.849. The minimum atomic E-state index is -0.131. The molecule has 0 unspecified atom stereocenters. The highest BCUT2D eigenvalue weighted by atomic mass is 32.2. The van der Waals surface area contributed by atoms with Crippen molar-refractivity contribution in [1.29, 1.82) is 0 Å². The van der Waals surface area contributed by atoms with Crippen molar-refractivity contribution >= 4 is 23.4 Å². The molecule has 0 fully saturated rings. The van der Waals surface area contributed by atoms with Crippen LogP contribution in [0.3, 0.4) is 0 Å². The number of benzene rings is 1. The molecule has 0 bridgehead atoms. The standard InChI is InChI=1S/C18H25N3OS/c1-12(2)23-11-15-10-16(22)21-17(20-15)19-14-8-6-13(7-9-14)18(3,4)5/h6-10,12H,11H2,1-5H3,(H2,19,20,21,22). The molecule has 2 N–H and O–H groups in total. The SMILES string of the molecule is CC(C)SCc1cc(=O)[nH]c(Nc2ccc(C(C)(C)C)cc2)n1. The van der Waals surface area contributed by atoms with Gasteiger partial charge in [-0.25, -0.2) is 4.98 Å². The molecular formula is C18H25N3OS. The van der Waals surface area contributed by atoms with Crippen molar-refractivity contribution in [3.8, 4) is 0 Å². The second-order valence-corrected chi connectivity index (χ2v) is 8.46. The Balaban J connectivity index is 2.15. The first-order valence-corrected chi connectivity index (χ1v) is 8.88. The molecule has 1 aromatic heterocycles. The van der Waals surface area contributed by atoms with E-state index in [1.165, 1.54) is 5.56 Å². The van der Waals surface area contributed by atoms with Crippen LogP contribution in [-0.4, -0.2) is 15.2 Å². The third-order valence-electron chi connectivity index (χ3n) is 3.37. The Labute approximate surface area is 142 Å². The summed E-state index contributed by atoms with van der Waals surface area (Å²) in [4.78, 5) is 19.0. The van der Waals surface area contributed by atoms with E-state index in [1.54, 1.807) is 17.8 Å². The summed E-state index contributed by atoms with van der Waals surface area (Å²) in [6, 6.07) is 9.77. The predicted molar refractivity (Wildman–Crippen MR) is 99.7 cm³/mol. The first kappa shape index (κ1) is 17.6. The van der Waals surface area contributed by atoms with Gasteiger partial charge in [-0.1, -0.05) is 46.8 Å². The van der Waals surface area contributed by atoms with Crippen LogP contribution in [0.15, 0.2) is 35.1 Å². The summed E-state index contributed by atoms with van der Waals surface area (Å²) in [6.45, 7) is 10.8. The highest BCUT2D eigenvalue weighted by Gasteiger charge is 2.13. The normalized spacial score (nSPS) is 11.7. The molecule has 0 amide bonds. The number of nitrogens with zero attached hydrogens (tertiary/aromatic N) is 1. The summed E-state index contributed by atoms with van der Waals surface area (Å²) in [7, 11) is 0. The lowest BCUT2D eigenvalue weighted by molar-refractivity contribution is 0.590. The molecule has 23 heavy (non-hydrogen) atoms. The first-order chi connectivity index (χ1) is 10.7. The van der Waals surface area contributed by atoms with Gasteiger partial charge in [-0.3, -0.25) is 9.78 Å². The zero-order valence-electron chi connectivity index (χ0n) is 14.4. The molecule has 0 aliphatic heterocycles. The van der Waals surface area contributed by atoms with E-state index in [4.69, 9.17) is 0 Å². The van der Waals surface area contributed by atoms with Crippen molar-refractivity contribution in [2.45, 2.75) is 51.0 Å². The molecule has 0 radical (unpaired) electrons. The van der Waals surface area contributed by atoms with Gasteiger partial charge in [0.15, 0.2) is 0 Å². The molecule has 2 aromatic rings. The fraction of sp³-hybridized carbons (Fsp3) is 0.444. The van der Waals surface area contributed by atoms with Gasteiger partial charge < -0.3 is 5.32 Å². The van der Waals surface area contributed by atoms with Gasteiger partial charge in [0.05, 0.1) is 5.69 Å². The summed E-state index contributed by atoms with van der Waals surface area (Å²) < 4.78 is 0. The number of rotatable bonds is 5. The number of H-pyrrole nitrogens is 1. The molecule has 0 aliphatic carbocycles.